The zero-order valence-corrected chi connectivity index (χ0v) is 9.13. The Kier molecular flexibility index (Phi) is 5.07. The third kappa shape index (κ3) is 4.14. The monoisotopic (exact) mass is 217 g/mol. The van der Waals surface area contributed by atoms with Gasteiger partial charge in [-0.1, -0.05) is 30.3 Å². The fourth-order valence-electron chi connectivity index (χ4n) is 1.72. The summed E-state index contributed by atoms with van der Waals surface area (Å²) in [6, 6.07) is 9.59. The molecule has 0 aromatic heterocycles. The van der Waals surface area contributed by atoms with Crippen LogP contribution in [0.2, 0.25) is 0 Å². The van der Waals surface area contributed by atoms with Gasteiger partial charge in [-0.25, -0.2) is 0 Å². The van der Waals surface area contributed by atoms with E-state index in [4.69, 9.17) is 6.42 Å². The van der Waals surface area contributed by atoms with Crippen molar-refractivity contribution in [2.75, 3.05) is 6.54 Å². The molecule has 0 saturated heterocycles. The Morgan fingerprint density at radius 2 is 2.06 bits per heavy atom. The maximum absolute atomic E-state index is 10.6. The second-order valence-electron chi connectivity index (χ2n) is 3.72. The third-order valence-corrected chi connectivity index (χ3v) is 2.51. The van der Waals surface area contributed by atoms with Crippen LogP contribution in [0.4, 0.5) is 0 Å². The zero-order valence-electron chi connectivity index (χ0n) is 9.13. The largest absolute Gasteiger partial charge is 0.265 e. The van der Waals surface area contributed by atoms with Crippen molar-refractivity contribution < 1.29 is 4.92 Å². The van der Waals surface area contributed by atoms with Crippen LogP contribution in [0.25, 0.3) is 0 Å². The first-order valence-electron chi connectivity index (χ1n) is 5.34. The number of unbranched alkanes of at least 4 members (excludes halogenated alkanes) is 1. The molecule has 0 aliphatic heterocycles. The molecule has 0 aliphatic carbocycles. The lowest BCUT2D eigenvalue weighted by atomic mass is 9.94. The molecule has 16 heavy (non-hydrogen) atoms. The molecule has 0 N–H and O–H groups in total. The van der Waals surface area contributed by atoms with Gasteiger partial charge in [0.2, 0.25) is 6.54 Å². The minimum absolute atomic E-state index is 0.0193. The van der Waals surface area contributed by atoms with Gasteiger partial charge in [0.15, 0.2) is 0 Å². The molecule has 0 spiro atoms. The van der Waals surface area contributed by atoms with Crippen LogP contribution in [0.3, 0.4) is 0 Å². The average Bonchev–Trinajstić information content (AvgIpc) is 2.29. The van der Waals surface area contributed by atoms with E-state index in [2.05, 4.69) is 5.92 Å². The molecule has 0 aliphatic rings. The Balaban J connectivity index is 2.64. The van der Waals surface area contributed by atoms with E-state index >= 15 is 0 Å². The number of benzene rings is 1. The first-order valence-corrected chi connectivity index (χ1v) is 5.34. The van der Waals surface area contributed by atoms with E-state index in [9.17, 15) is 10.1 Å². The molecule has 1 aromatic rings. The number of hydrogen-bond donors (Lipinski definition) is 0. The van der Waals surface area contributed by atoms with Gasteiger partial charge in [-0.3, -0.25) is 10.1 Å². The topological polar surface area (TPSA) is 43.1 Å². The molecule has 3 nitrogen and oxygen atoms in total. The van der Waals surface area contributed by atoms with E-state index in [0.29, 0.717) is 6.42 Å². The third-order valence-electron chi connectivity index (χ3n) is 2.51. The van der Waals surface area contributed by atoms with Gasteiger partial charge in [0, 0.05) is 17.3 Å². The molecule has 1 rings (SSSR count). The summed E-state index contributed by atoms with van der Waals surface area (Å²) in [6.45, 7) is -0.0193. The molecule has 0 saturated carbocycles. The molecule has 1 unspecified atom stereocenters. The maximum Gasteiger partial charge on any atom is 0.210 e. The van der Waals surface area contributed by atoms with Crippen LogP contribution >= 0.6 is 0 Å². The van der Waals surface area contributed by atoms with E-state index in [-0.39, 0.29) is 17.4 Å². The lowest BCUT2D eigenvalue weighted by Crippen LogP contribution is -2.12. The Morgan fingerprint density at radius 3 is 2.62 bits per heavy atom. The van der Waals surface area contributed by atoms with Gasteiger partial charge in [0.05, 0.1) is 0 Å². The molecule has 0 fully saturated rings. The quantitative estimate of drug-likeness (QED) is 0.318. The Labute approximate surface area is 95.6 Å². The molecule has 0 heterocycles. The highest BCUT2D eigenvalue weighted by Gasteiger charge is 2.16. The molecular formula is C13H15NO2. The predicted octanol–water partition coefficient (Wildman–Crippen LogP) is 2.85. The van der Waals surface area contributed by atoms with Crippen LogP contribution in [0, 0.1) is 22.5 Å². The van der Waals surface area contributed by atoms with Crippen molar-refractivity contribution in [3.63, 3.8) is 0 Å². The van der Waals surface area contributed by atoms with Gasteiger partial charge < -0.3 is 0 Å². The maximum atomic E-state index is 10.6. The van der Waals surface area contributed by atoms with Crippen molar-refractivity contribution in [1.29, 1.82) is 0 Å². The predicted molar refractivity (Wildman–Crippen MR) is 63.7 cm³/mol. The van der Waals surface area contributed by atoms with Crippen LogP contribution in [-0.4, -0.2) is 11.5 Å². The highest BCUT2D eigenvalue weighted by Crippen LogP contribution is 2.21. The lowest BCUT2D eigenvalue weighted by molar-refractivity contribution is -0.483. The molecule has 3 heteroatoms. The van der Waals surface area contributed by atoms with Crippen molar-refractivity contribution in [2.45, 2.75) is 25.2 Å². The van der Waals surface area contributed by atoms with E-state index in [0.717, 1.165) is 18.4 Å². The van der Waals surface area contributed by atoms with Gasteiger partial charge in [-0.05, 0) is 18.4 Å². The average molecular weight is 217 g/mol. The van der Waals surface area contributed by atoms with Crippen molar-refractivity contribution in [3.8, 4) is 12.3 Å². The van der Waals surface area contributed by atoms with E-state index in [1.54, 1.807) is 0 Å². The van der Waals surface area contributed by atoms with Gasteiger partial charge in [-0.2, -0.15) is 0 Å². The molecule has 84 valence electrons. The number of nitrogens with zero attached hydrogens (tertiary/aromatic N) is 1. The summed E-state index contributed by atoms with van der Waals surface area (Å²) in [5.74, 6) is 2.53. The van der Waals surface area contributed by atoms with Crippen LogP contribution in [-0.2, 0) is 0 Å². The molecule has 0 radical (unpaired) electrons. The summed E-state index contributed by atoms with van der Waals surface area (Å²) < 4.78 is 0. The normalized spacial score (nSPS) is 11.7. The van der Waals surface area contributed by atoms with Crippen molar-refractivity contribution >= 4 is 0 Å². The van der Waals surface area contributed by atoms with E-state index in [1.165, 1.54) is 0 Å². The first-order chi connectivity index (χ1) is 7.74. The van der Waals surface area contributed by atoms with Gasteiger partial charge in [0.1, 0.15) is 0 Å². The van der Waals surface area contributed by atoms with Crippen molar-refractivity contribution in [2.24, 2.45) is 0 Å². The van der Waals surface area contributed by atoms with Gasteiger partial charge >= 0.3 is 0 Å². The summed E-state index contributed by atoms with van der Waals surface area (Å²) in [4.78, 5) is 10.3. The molecular weight excluding hydrogens is 202 g/mol. The number of terminal acetylenes is 1. The first kappa shape index (κ1) is 12.3. The van der Waals surface area contributed by atoms with Gasteiger partial charge in [-0.15, -0.1) is 12.3 Å². The second kappa shape index (κ2) is 6.62. The Morgan fingerprint density at radius 1 is 1.38 bits per heavy atom. The van der Waals surface area contributed by atoms with Crippen LogP contribution < -0.4 is 0 Å². The van der Waals surface area contributed by atoms with Crippen LogP contribution in [0.5, 0.6) is 0 Å². The number of hydrogen-bond acceptors (Lipinski definition) is 2. The van der Waals surface area contributed by atoms with Crippen molar-refractivity contribution in [1.82, 2.24) is 0 Å². The molecule has 0 bridgehead atoms. The number of nitro groups is 1. The SMILES string of the molecule is C#CCCCC(C[N+](=O)[O-])c1ccccc1. The summed E-state index contributed by atoms with van der Waals surface area (Å²) in [6.07, 6.45) is 7.46. The van der Waals surface area contributed by atoms with Crippen LogP contribution in [0.1, 0.15) is 30.7 Å². The molecule has 0 amide bonds. The van der Waals surface area contributed by atoms with E-state index in [1.807, 2.05) is 30.3 Å². The highest BCUT2D eigenvalue weighted by atomic mass is 16.6. The standard InChI is InChI=1S/C13H15NO2/c1-2-3-5-10-13(11-14(15)16)12-8-6-4-7-9-12/h1,4,6-9,13H,3,5,10-11H2. The lowest BCUT2D eigenvalue weighted by Gasteiger charge is -2.12. The Hall–Kier alpha value is -1.82. The fourth-order valence-corrected chi connectivity index (χ4v) is 1.72. The zero-order chi connectivity index (χ0) is 11.8. The summed E-state index contributed by atoms with van der Waals surface area (Å²) in [5.41, 5.74) is 1.02. The molecule has 1 atom stereocenters. The smallest absolute Gasteiger partial charge is 0.210 e. The number of rotatable bonds is 6. The summed E-state index contributed by atoms with van der Waals surface area (Å²) in [7, 11) is 0. The highest BCUT2D eigenvalue weighted by molar-refractivity contribution is 5.19. The summed E-state index contributed by atoms with van der Waals surface area (Å²) >= 11 is 0. The minimum atomic E-state index is -0.256. The summed E-state index contributed by atoms with van der Waals surface area (Å²) in [5, 5.41) is 10.6. The fraction of sp³-hybridized carbons (Fsp3) is 0.385. The second-order valence-corrected chi connectivity index (χ2v) is 3.72. The minimum Gasteiger partial charge on any atom is -0.265 e. The van der Waals surface area contributed by atoms with E-state index < -0.39 is 0 Å². The van der Waals surface area contributed by atoms with Crippen molar-refractivity contribution in [3.05, 3.63) is 46.0 Å². The van der Waals surface area contributed by atoms with Gasteiger partial charge in [0.25, 0.3) is 0 Å². The van der Waals surface area contributed by atoms with Crippen LogP contribution in [0.15, 0.2) is 30.3 Å². The molecule has 1 aromatic carbocycles. The Bertz CT molecular complexity index is 367.